The average Bonchev–Trinajstić information content (AvgIpc) is 2.73. The Morgan fingerprint density at radius 2 is 1.50 bits per heavy atom. The predicted octanol–water partition coefficient (Wildman–Crippen LogP) is 3.63. The highest BCUT2D eigenvalue weighted by Crippen LogP contribution is 2.46. The lowest BCUT2D eigenvalue weighted by Gasteiger charge is -2.32. The van der Waals surface area contributed by atoms with Crippen molar-refractivity contribution in [3.05, 3.63) is 60.2 Å². The van der Waals surface area contributed by atoms with Crippen molar-refractivity contribution in [1.82, 2.24) is 0 Å². The van der Waals surface area contributed by atoms with E-state index in [1.54, 1.807) is 0 Å². The molecule has 0 amide bonds. The summed E-state index contributed by atoms with van der Waals surface area (Å²) in [4.78, 5) is 4.73. The highest BCUT2D eigenvalue weighted by Gasteiger charge is 2.35. The second-order valence-electron chi connectivity index (χ2n) is 4.80. The van der Waals surface area contributed by atoms with E-state index >= 15 is 0 Å². The van der Waals surface area contributed by atoms with Crippen molar-refractivity contribution in [2.75, 3.05) is 16.8 Å². The Balaban J connectivity index is 1.98. The maximum absolute atomic E-state index is 2.41. The van der Waals surface area contributed by atoms with Crippen LogP contribution in [0.1, 0.15) is 5.56 Å². The van der Waals surface area contributed by atoms with Gasteiger partial charge in [-0.2, -0.15) is 0 Å². The first-order chi connectivity index (χ1) is 8.86. The molecule has 2 nitrogen and oxygen atoms in total. The molecule has 0 aliphatic carbocycles. The number of nitrogens with zero attached hydrogens (tertiary/aromatic N) is 2. The molecule has 0 aromatic heterocycles. The van der Waals surface area contributed by atoms with E-state index in [0.29, 0.717) is 6.17 Å². The monoisotopic (exact) mass is 234 g/mol. The molecule has 1 atom stereocenters. The van der Waals surface area contributed by atoms with Gasteiger partial charge in [-0.1, -0.05) is 36.4 Å². The molecule has 0 saturated heterocycles. The molecule has 1 unspecified atom stereocenters. The molecule has 88 valence electrons. The van der Waals surface area contributed by atoms with Gasteiger partial charge in [0.15, 0.2) is 0 Å². The molecule has 2 heterocycles. The first-order valence-electron chi connectivity index (χ1n) is 6.24. The second kappa shape index (κ2) is 3.39. The van der Waals surface area contributed by atoms with E-state index in [1.807, 2.05) is 0 Å². The van der Waals surface area contributed by atoms with Crippen LogP contribution in [0.15, 0.2) is 54.6 Å². The number of rotatable bonds is 0. The Bertz CT molecular complexity index is 645. The molecule has 2 aliphatic rings. The van der Waals surface area contributed by atoms with Crippen LogP contribution in [0, 0.1) is 0 Å². The summed E-state index contributed by atoms with van der Waals surface area (Å²) in [6, 6.07) is 17.2. The van der Waals surface area contributed by atoms with Gasteiger partial charge in [-0.05, 0) is 29.8 Å². The molecule has 0 fully saturated rings. The number of hydrogen-bond acceptors (Lipinski definition) is 2. The zero-order valence-electron chi connectivity index (χ0n) is 10.2. The van der Waals surface area contributed by atoms with Crippen molar-refractivity contribution in [1.29, 1.82) is 0 Å². The van der Waals surface area contributed by atoms with E-state index in [2.05, 4.69) is 77.5 Å². The van der Waals surface area contributed by atoms with E-state index in [1.165, 1.54) is 22.6 Å². The van der Waals surface area contributed by atoms with E-state index < -0.39 is 0 Å². The number of hydrogen-bond donors (Lipinski definition) is 0. The van der Waals surface area contributed by atoms with Crippen LogP contribution in [0.5, 0.6) is 0 Å². The highest BCUT2D eigenvalue weighted by atomic mass is 15.4. The van der Waals surface area contributed by atoms with E-state index in [9.17, 15) is 0 Å². The zero-order valence-corrected chi connectivity index (χ0v) is 10.2. The van der Waals surface area contributed by atoms with Crippen LogP contribution < -0.4 is 9.80 Å². The van der Waals surface area contributed by atoms with Gasteiger partial charge in [-0.25, -0.2) is 0 Å². The Hall–Kier alpha value is -2.22. The minimum atomic E-state index is 0.303. The standard InChI is InChI=1S/C16H14N2/c1-17-14-8-4-5-9-15(14)18-13-7-3-2-6-12(13)10-11-16(17)18/h2-11,16H,1H3. The first kappa shape index (κ1) is 9.77. The molecule has 0 radical (unpaired) electrons. The van der Waals surface area contributed by atoms with Gasteiger partial charge in [-0.3, -0.25) is 0 Å². The van der Waals surface area contributed by atoms with Crippen molar-refractivity contribution in [2.45, 2.75) is 6.17 Å². The maximum atomic E-state index is 2.41. The number of benzene rings is 2. The van der Waals surface area contributed by atoms with Crippen LogP contribution in [0.2, 0.25) is 0 Å². The van der Waals surface area contributed by atoms with Gasteiger partial charge in [-0.15, -0.1) is 0 Å². The molecule has 0 spiro atoms. The summed E-state index contributed by atoms with van der Waals surface area (Å²) < 4.78 is 0. The van der Waals surface area contributed by atoms with Crippen LogP contribution in [0.4, 0.5) is 17.1 Å². The smallest absolute Gasteiger partial charge is 0.126 e. The summed E-state index contributed by atoms with van der Waals surface area (Å²) in [7, 11) is 2.15. The summed E-state index contributed by atoms with van der Waals surface area (Å²) in [5, 5.41) is 0. The number of likely N-dealkylation sites (N-methyl/N-ethyl adjacent to an activating group) is 1. The Kier molecular flexibility index (Phi) is 1.84. The van der Waals surface area contributed by atoms with Gasteiger partial charge in [0.25, 0.3) is 0 Å². The summed E-state index contributed by atoms with van der Waals surface area (Å²) in [6.45, 7) is 0. The summed E-state index contributed by atoms with van der Waals surface area (Å²) >= 11 is 0. The summed E-state index contributed by atoms with van der Waals surface area (Å²) in [5.74, 6) is 0. The quantitative estimate of drug-likeness (QED) is 0.687. The minimum absolute atomic E-state index is 0.303. The molecule has 0 saturated carbocycles. The maximum Gasteiger partial charge on any atom is 0.126 e. The van der Waals surface area contributed by atoms with Crippen LogP contribution in [0.3, 0.4) is 0 Å². The van der Waals surface area contributed by atoms with Crippen LogP contribution in [-0.2, 0) is 0 Å². The molecule has 2 aromatic carbocycles. The molecular formula is C16H14N2. The fourth-order valence-corrected chi connectivity index (χ4v) is 2.95. The molecule has 18 heavy (non-hydrogen) atoms. The Morgan fingerprint density at radius 3 is 2.33 bits per heavy atom. The normalized spacial score (nSPS) is 19.5. The first-order valence-corrected chi connectivity index (χ1v) is 6.24. The molecule has 4 rings (SSSR count). The van der Waals surface area contributed by atoms with Crippen molar-refractivity contribution < 1.29 is 0 Å². The molecule has 2 aromatic rings. The van der Waals surface area contributed by atoms with Crippen molar-refractivity contribution in [2.24, 2.45) is 0 Å². The van der Waals surface area contributed by atoms with Gasteiger partial charge in [0, 0.05) is 7.05 Å². The average molecular weight is 234 g/mol. The largest absolute Gasteiger partial charge is 0.349 e. The number of anilines is 3. The Labute approximate surface area is 107 Å². The van der Waals surface area contributed by atoms with Crippen LogP contribution >= 0.6 is 0 Å². The third kappa shape index (κ3) is 1.12. The lowest BCUT2D eigenvalue weighted by Crippen LogP contribution is -2.38. The number of fused-ring (bicyclic) bond motifs is 5. The zero-order chi connectivity index (χ0) is 12.1. The third-order valence-electron chi connectivity index (χ3n) is 3.83. The molecule has 0 bridgehead atoms. The summed E-state index contributed by atoms with van der Waals surface area (Å²) in [6.07, 6.45) is 4.79. The fourth-order valence-electron chi connectivity index (χ4n) is 2.95. The molecule has 0 N–H and O–H groups in total. The highest BCUT2D eigenvalue weighted by molar-refractivity contribution is 5.89. The molecular weight excluding hydrogens is 220 g/mol. The lowest BCUT2D eigenvalue weighted by atomic mass is 10.1. The summed E-state index contributed by atoms with van der Waals surface area (Å²) in [5.41, 5.74) is 5.17. The van der Waals surface area contributed by atoms with E-state index in [0.717, 1.165) is 0 Å². The predicted molar refractivity (Wildman–Crippen MR) is 76.2 cm³/mol. The molecule has 2 heteroatoms. The fraction of sp³-hybridized carbons (Fsp3) is 0.125. The van der Waals surface area contributed by atoms with E-state index in [-0.39, 0.29) is 0 Å². The van der Waals surface area contributed by atoms with Crippen molar-refractivity contribution in [3.63, 3.8) is 0 Å². The van der Waals surface area contributed by atoms with Gasteiger partial charge in [0.05, 0.1) is 17.1 Å². The SMILES string of the molecule is CN1c2ccccc2N2c3ccccc3C=CC12. The van der Waals surface area contributed by atoms with Crippen molar-refractivity contribution >= 4 is 23.1 Å². The minimum Gasteiger partial charge on any atom is -0.349 e. The van der Waals surface area contributed by atoms with Crippen LogP contribution in [-0.4, -0.2) is 13.2 Å². The lowest BCUT2D eigenvalue weighted by molar-refractivity contribution is 0.798. The van der Waals surface area contributed by atoms with Crippen molar-refractivity contribution in [3.8, 4) is 0 Å². The second-order valence-corrected chi connectivity index (χ2v) is 4.80. The van der Waals surface area contributed by atoms with Crippen LogP contribution in [0.25, 0.3) is 6.08 Å². The third-order valence-corrected chi connectivity index (χ3v) is 3.83. The van der Waals surface area contributed by atoms with E-state index in [4.69, 9.17) is 0 Å². The number of para-hydroxylation sites is 3. The molecule has 2 aliphatic heterocycles. The Morgan fingerprint density at radius 1 is 0.833 bits per heavy atom. The van der Waals surface area contributed by atoms with Gasteiger partial charge in [0.2, 0.25) is 0 Å². The van der Waals surface area contributed by atoms with Gasteiger partial charge >= 0.3 is 0 Å². The van der Waals surface area contributed by atoms with Gasteiger partial charge in [0.1, 0.15) is 6.17 Å². The topological polar surface area (TPSA) is 6.48 Å². The van der Waals surface area contributed by atoms with Gasteiger partial charge < -0.3 is 9.80 Å².